The SMILES string of the molecule is CCNC(=NCc1ccccc1)NCCS(=O)(=O)c1ccccc1F. The number of aliphatic imine (C=N–C) groups is 1. The first-order chi connectivity index (χ1) is 12.0. The molecule has 25 heavy (non-hydrogen) atoms. The molecule has 5 nitrogen and oxygen atoms in total. The van der Waals surface area contributed by atoms with Crippen molar-refractivity contribution in [1.29, 1.82) is 0 Å². The highest BCUT2D eigenvalue weighted by atomic mass is 32.2. The van der Waals surface area contributed by atoms with Crippen LogP contribution in [-0.2, 0) is 16.4 Å². The van der Waals surface area contributed by atoms with Crippen molar-refractivity contribution >= 4 is 15.8 Å². The van der Waals surface area contributed by atoms with Gasteiger partial charge in [0.1, 0.15) is 10.7 Å². The number of halogens is 1. The standard InChI is InChI=1S/C18H22FN3O2S/c1-2-20-18(22-14-15-8-4-3-5-9-15)21-12-13-25(23,24)17-11-7-6-10-16(17)19/h3-11H,2,12-14H2,1H3,(H2,20,21,22). The summed E-state index contributed by atoms with van der Waals surface area (Å²) in [7, 11) is -3.69. The van der Waals surface area contributed by atoms with Crippen molar-refractivity contribution in [2.75, 3.05) is 18.8 Å². The third-order valence-electron chi connectivity index (χ3n) is 3.44. The van der Waals surface area contributed by atoms with E-state index in [2.05, 4.69) is 15.6 Å². The number of nitrogens with zero attached hydrogens (tertiary/aromatic N) is 1. The van der Waals surface area contributed by atoms with Crippen LogP contribution in [0.4, 0.5) is 4.39 Å². The van der Waals surface area contributed by atoms with Crippen LogP contribution in [0.5, 0.6) is 0 Å². The Morgan fingerprint density at radius 2 is 1.72 bits per heavy atom. The summed E-state index contributed by atoms with van der Waals surface area (Å²) < 4.78 is 38.1. The van der Waals surface area contributed by atoms with Gasteiger partial charge in [-0.1, -0.05) is 42.5 Å². The molecule has 0 radical (unpaired) electrons. The number of sulfone groups is 1. The second-order valence-electron chi connectivity index (χ2n) is 5.36. The topological polar surface area (TPSA) is 70.6 Å². The van der Waals surface area contributed by atoms with Gasteiger partial charge in [0.05, 0.1) is 12.3 Å². The molecule has 0 aromatic heterocycles. The molecule has 0 saturated heterocycles. The van der Waals surface area contributed by atoms with Crippen molar-refractivity contribution < 1.29 is 12.8 Å². The van der Waals surface area contributed by atoms with Gasteiger partial charge in [0.15, 0.2) is 15.8 Å². The molecule has 0 atom stereocenters. The monoisotopic (exact) mass is 363 g/mol. The first-order valence-corrected chi connectivity index (χ1v) is 9.71. The van der Waals surface area contributed by atoms with E-state index < -0.39 is 15.7 Å². The third kappa shape index (κ3) is 5.86. The van der Waals surface area contributed by atoms with Gasteiger partial charge in [0, 0.05) is 13.1 Å². The lowest BCUT2D eigenvalue weighted by atomic mass is 10.2. The Morgan fingerprint density at radius 1 is 1.04 bits per heavy atom. The van der Waals surface area contributed by atoms with Crippen molar-refractivity contribution in [3.05, 3.63) is 66.0 Å². The molecule has 0 aliphatic rings. The molecule has 2 rings (SSSR count). The molecule has 134 valence electrons. The Labute approximate surface area is 147 Å². The number of guanidine groups is 1. The normalized spacial score (nSPS) is 12.0. The summed E-state index contributed by atoms with van der Waals surface area (Å²) in [6, 6.07) is 15.1. The molecule has 0 amide bonds. The quantitative estimate of drug-likeness (QED) is 0.585. The van der Waals surface area contributed by atoms with E-state index in [1.165, 1.54) is 18.2 Å². The summed E-state index contributed by atoms with van der Waals surface area (Å²) in [6.07, 6.45) is 0. The first-order valence-electron chi connectivity index (χ1n) is 8.06. The minimum absolute atomic E-state index is 0.136. The summed E-state index contributed by atoms with van der Waals surface area (Å²) in [5.74, 6) is -0.425. The Kier molecular flexibility index (Phi) is 6.94. The smallest absolute Gasteiger partial charge is 0.191 e. The molecule has 0 aliphatic carbocycles. The van der Waals surface area contributed by atoms with Crippen LogP contribution in [0.1, 0.15) is 12.5 Å². The van der Waals surface area contributed by atoms with Crippen molar-refractivity contribution in [3.8, 4) is 0 Å². The largest absolute Gasteiger partial charge is 0.357 e. The Morgan fingerprint density at radius 3 is 2.40 bits per heavy atom. The van der Waals surface area contributed by atoms with Gasteiger partial charge in [-0.25, -0.2) is 17.8 Å². The average molecular weight is 363 g/mol. The van der Waals surface area contributed by atoms with Gasteiger partial charge < -0.3 is 10.6 Å². The van der Waals surface area contributed by atoms with Crippen LogP contribution in [0.25, 0.3) is 0 Å². The highest BCUT2D eigenvalue weighted by Gasteiger charge is 2.18. The highest BCUT2D eigenvalue weighted by molar-refractivity contribution is 7.91. The predicted molar refractivity (Wildman–Crippen MR) is 97.7 cm³/mol. The first kappa shape index (κ1) is 18.9. The molecule has 2 aromatic rings. The van der Waals surface area contributed by atoms with Crippen LogP contribution in [-0.4, -0.2) is 33.2 Å². The second kappa shape index (κ2) is 9.17. The van der Waals surface area contributed by atoms with Crippen LogP contribution in [0.15, 0.2) is 64.5 Å². The van der Waals surface area contributed by atoms with E-state index in [4.69, 9.17) is 0 Å². The molecule has 2 N–H and O–H groups in total. The average Bonchev–Trinajstić information content (AvgIpc) is 2.60. The summed E-state index contributed by atoms with van der Waals surface area (Å²) >= 11 is 0. The van der Waals surface area contributed by atoms with E-state index in [0.717, 1.165) is 11.6 Å². The third-order valence-corrected chi connectivity index (χ3v) is 5.18. The predicted octanol–water partition coefficient (Wildman–Crippen LogP) is 2.35. The van der Waals surface area contributed by atoms with Crippen molar-refractivity contribution in [2.45, 2.75) is 18.4 Å². The van der Waals surface area contributed by atoms with Crippen molar-refractivity contribution in [1.82, 2.24) is 10.6 Å². The van der Waals surface area contributed by atoms with Gasteiger partial charge in [0.2, 0.25) is 0 Å². The number of benzene rings is 2. The molecular weight excluding hydrogens is 341 g/mol. The maximum absolute atomic E-state index is 13.7. The lowest BCUT2D eigenvalue weighted by molar-refractivity contribution is 0.566. The van der Waals surface area contributed by atoms with Crippen LogP contribution >= 0.6 is 0 Å². The molecule has 0 fully saturated rings. The van der Waals surface area contributed by atoms with Gasteiger partial charge in [-0.05, 0) is 24.6 Å². The van der Waals surface area contributed by atoms with E-state index in [1.54, 1.807) is 0 Å². The fourth-order valence-electron chi connectivity index (χ4n) is 2.21. The van der Waals surface area contributed by atoms with Crippen LogP contribution in [0.3, 0.4) is 0 Å². The Balaban J connectivity index is 1.96. The number of nitrogens with one attached hydrogen (secondary N) is 2. The summed E-state index contributed by atoms with van der Waals surface area (Å²) in [5, 5.41) is 6.03. The zero-order valence-electron chi connectivity index (χ0n) is 14.1. The molecule has 0 bridgehead atoms. The molecular formula is C18H22FN3O2S. The van der Waals surface area contributed by atoms with E-state index in [0.29, 0.717) is 19.0 Å². The van der Waals surface area contributed by atoms with Gasteiger partial charge in [-0.2, -0.15) is 0 Å². The molecule has 0 aliphatic heterocycles. The van der Waals surface area contributed by atoms with Crippen molar-refractivity contribution in [2.24, 2.45) is 4.99 Å². The second-order valence-corrected chi connectivity index (χ2v) is 7.43. The highest BCUT2D eigenvalue weighted by Crippen LogP contribution is 2.14. The van der Waals surface area contributed by atoms with E-state index in [1.807, 2.05) is 37.3 Å². The lowest BCUT2D eigenvalue weighted by Gasteiger charge is -2.12. The fraction of sp³-hybridized carbons (Fsp3) is 0.278. The minimum Gasteiger partial charge on any atom is -0.357 e. The Hall–Kier alpha value is -2.41. The van der Waals surface area contributed by atoms with Gasteiger partial charge in [-0.3, -0.25) is 0 Å². The van der Waals surface area contributed by atoms with Crippen LogP contribution in [0.2, 0.25) is 0 Å². The lowest BCUT2D eigenvalue weighted by Crippen LogP contribution is -2.39. The van der Waals surface area contributed by atoms with Gasteiger partial charge >= 0.3 is 0 Å². The number of hydrogen-bond donors (Lipinski definition) is 2. The van der Waals surface area contributed by atoms with Crippen molar-refractivity contribution in [3.63, 3.8) is 0 Å². The number of hydrogen-bond acceptors (Lipinski definition) is 3. The molecule has 0 saturated carbocycles. The van der Waals surface area contributed by atoms with Crippen LogP contribution in [0, 0.1) is 5.82 Å². The molecule has 0 spiro atoms. The summed E-state index contributed by atoms with van der Waals surface area (Å²) in [5.41, 5.74) is 1.05. The Bertz CT molecular complexity index is 808. The summed E-state index contributed by atoms with van der Waals surface area (Å²) in [6.45, 7) is 3.20. The minimum atomic E-state index is -3.69. The van der Waals surface area contributed by atoms with E-state index >= 15 is 0 Å². The zero-order valence-corrected chi connectivity index (χ0v) is 14.9. The van der Waals surface area contributed by atoms with Gasteiger partial charge in [0.25, 0.3) is 0 Å². The zero-order chi connectivity index (χ0) is 18.1. The molecule has 0 unspecified atom stereocenters. The molecule has 7 heteroatoms. The van der Waals surface area contributed by atoms with Crippen LogP contribution < -0.4 is 10.6 Å². The molecule has 0 heterocycles. The maximum atomic E-state index is 13.7. The molecule has 2 aromatic carbocycles. The van der Waals surface area contributed by atoms with E-state index in [9.17, 15) is 12.8 Å². The van der Waals surface area contributed by atoms with Gasteiger partial charge in [-0.15, -0.1) is 0 Å². The summed E-state index contributed by atoms with van der Waals surface area (Å²) in [4.78, 5) is 4.14. The van der Waals surface area contributed by atoms with E-state index in [-0.39, 0.29) is 17.2 Å². The number of rotatable bonds is 7. The fourth-order valence-corrected chi connectivity index (χ4v) is 3.45. The maximum Gasteiger partial charge on any atom is 0.191 e.